The summed E-state index contributed by atoms with van der Waals surface area (Å²) in [4.78, 5) is 30.6. The summed E-state index contributed by atoms with van der Waals surface area (Å²) in [5, 5.41) is 11.5. The molecule has 2 atom stereocenters. The van der Waals surface area contributed by atoms with Crippen molar-refractivity contribution in [3.05, 3.63) is 64.7 Å². The minimum absolute atomic E-state index is 0.0589. The Morgan fingerprint density at radius 3 is 2.71 bits per heavy atom. The number of aliphatic hydroxyl groups excluding tert-OH is 1. The van der Waals surface area contributed by atoms with Gasteiger partial charge in [-0.25, -0.2) is 0 Å². The second-order valence-corrected chi connectivity index (χ2v) is 10.2. The van der Waals surface area contributed by atoms with Gasteiger partial charge >= 0.3 is 0 Å². The summed E-state index contributed by atoms with van der Waals surface area (Å²) in [6.07, 6.45) is 2.74. The maximum Gasteiger partial charge on any atom is 0.295 e. The van der Waals surface area contributed by atoms with Crippen LogP contribution in [-0.2, 0) is 20.7 Å². The van der Waals surface area contributed by atoms with Crippen LogP contribution in [0.4, 0.5) is 0 Å². The molecular formula is C30H36N2O6. The van der Waals surface area contributed by atoms with Crippen LogP contribution >= 0.6 is 0 Å². The van der Waals surface area contributed by atoms with Gasteiger partial charge in [0, 0.05) is 38.2 Å². The number of hydrogen-bond acceptors (Lipinski definition) is 7. The molecule has 2 aromatic rings. The molecule has 0 saturated carbocycles. The van der Waals surface area contributed by atoms with E-state index in [9.17, 15) is 14.7 Å². The molecule has 2 aromatic carbocycles. The molecule has 3 aliphatic rings. The molecule has 2 fully saturated rings. The van der Waals surface area contributed by atoms with Crippen molar-refractivity contribution in [3.8, 4) is 11.5 Å². The van der Waals surface area contributed by atoms with Gasteiger partial charge in [0.05, 0.1) is 31.4 Å². The van der Waals surface area contributed by atoms with Crippen LogP contribution in [0, 0.1) is 0 Å². The monoisotopic (exact) mass is 520 g/mol. The van der Waals surface area contributed by atoms with E-state index in [1.165, 1.54) is 0 Å². The van der Waals surface area contributed by atoms with Crippen molar-refractivity contribution in [3.63, 3.8) is 0 Å². The highest BCUT2D eigenvalue weighted by Crippen LogP contribution is 2.41. The Balaban J connectivity index is 1.51. The van der Waals surface area contributed by atoms with Gasteiger partial charge in [0.25, 0.3) is 11.7 Å². The third-order valence-corrected chi connectivity index (χ3v) is 7.41. The van der Waals surface area contributed by atoms with E-state index in [4.69, 9.17) is 14.2 Å². The van der Waals surface area contributed by atoms with Crippen LogP contribution in [0.2, 0.25) is 0 Å². The van der Waals surface area contributed by atoms with Crippen molar-refractivity contribution in [1.82, 2.24) is 9.80 Å². The van der Waals surface area contributed by atoms with Crippen molar-refractivity contribution >= 4 is 17.4 Å². The van der Waals surface area contributed by atoms with Gasteiger partial charge in [0.15, 0.2) is 0 Å². The van der Waals surface area contributed by atoms with Crippen molar-refractivity contribution in [2.45, 2.75) is 45.3 Å². The molecule has 1 N–H and O–H groups in total. The zero-order valence-corrected chi connectivity index (χ0v) is 22.2. The van der Waals surface area contributed by atoms with Crippen LogP contribution in [0.1, 0.15) is 49.4 Å². The van der Waals surface area contributed by atoms with E-state index in [1.807, 2.05) is 43.3 Å². The fourth-order valence-electron chi connectivity index (χ4n) is 5.36. The Morgan fingerprint density at radius 1 is 1.11 bits per heavy atom. The Bertz CT molecular complexity index is 1220. The second kappa shape index (κ2) is 11.6. The van der Waals surface area contributed by atoms with Gasteiger partial charge in [-0.3, -0.25) is 14.5 Å². The van der Waals surface area contributed by atoms with Gasteiger partial charge in [0.1, 0.15) is 23.4 Å². The molecule has 5 rings (SSSR count). The molecule has 8 heteroatoms. The molecule has 0 aromatic heterocycles. The van der Waals surface area contributed by atoms with Crippen molar-refractivity contribution in [2.24, 2.45) is 0 Å². The Labute approximate surface area is 223 Å². The number of carbonyl (C=O) groups excluding carboxylic acids is 2. The molecule has 2 saturated heterocycles. The molecule has 0 bridgehead atoms. The smallest absolute Gasteiger partial charge is 0.295 e. The number of rotatable bonds is 9. The fourth-order valence-corrected chi connectivity index (χ4v) is 5.36. The highest BCUT2D eigenvalue weighted by atomic mass is 16.5. The number of hydrogen-bond donors (Lipinski definition) is 1. The Kier molecular flexibility index (Phi) is 8.00. The predicted octanol–water partition coefficient (Wildman–Crippen LogP) is 3.94. The average Bonchev–Trinajstić information content (AvgIpc) is 3.43. The first kappa shape index (κ1) is 26.3. The van der Waals surface area contributed by atoms with E-state index < -0.39 is 17.7 Å². The lowest BCUT2D eigenvalue weighted by Crippen LogP contribution is -2.42. The fraction of sp³-hybridized carbons (Fsp3) is 0.467. The number of nitrogens with zero attached hydrogens (tertiary/aromatic N) is 2. The van der Waals surface area contributed by atoms with Crippen LogP contribution in [0.25, 0.3) is 5.76 Å². The molecule has 1 amide bonds. The lowest BCUT2D eigenvalue weighted by molar-refractivity contribution is -0.140. The van der Waals surface area contributed by atoms with Crippen molar-refractivity contribution in [1.29, 1.82) is 0 Å². The number of ketones is 1. The maximum atomic E-state index is 13.4. The van der Waals surface area contributed by atoms with Crippen LogP contribution in [0.5, 0.6) is 11.5 Å². The number of amides is 1. The van der Waals surface area contributed by atoms with Crippen LogP contribution < -0.4 is 9.47 Å². The number of Topliss-reactive ketones (excluding diaryl/α,β-unsaturated/α-hetero) is 1. The first-order valence-corrected chi connectivity index (χ1v) is 13.6. The molecule has 0 unspecified atom stereocenters. The highest BCUT2D eigenvalue weighted by molar-refractivity contribution is 6.46. The summed E-state index contributed by atoms with van der Waals surface area (Å²) in [5.74, 6) is 0.0332. The molecule has 202 valence electrons. The number of ether oxygens (including phenoxy) is 3. The molecule has 0 aliphatic carbocycles. The summed E-state index contributed by atoms with van der Waals surface area (Å²) >= 11 is 0. The summed E-state index contributed by atoms with van der Waals surface area (Å²) in [6.45, 7) is 8.54. The van der Waals surface area contributed by atoms with Gasteiger partial charge in [-0.2, -0.15) is 0 Å². The lowest BCUT2D eigenvalue weighted by Gasteiger charge is -2.31. The van der Waals surface area contributed by atoms with Crippen molar-refractivity contribution < 1.29 is 28.9 Å². The van der Waals surface area contributed by atoms with E-state index in [0.29, 0.717) is 44.2 Å². The third-order valence-electron chi connectivity index (χ3n) is 7.41. The minimum atomic E-state index is -0.714. The molecular weight excluding hydrogens is 484 g/mol. The van der Waals surface area contributed by atoms with E-state index in [-0.39, 0.29) is 17.4 Å². The van der Waals surface area contributed by atoms with Crippen LogP contribution in [0.3, 0.4) is 0 Å². The summed E-state index contributed by atoms with van der Waals surface area (Å²) in [7, 11) is 0. The highest BCUT2D eigenvalue weighted by Gasteiger charge is 2.46. The number of benzene rings is 2. The number of unbranched alkanes of at least 4 members (excludes halogenated alkanes) is 1. The second-order valence-electron chi connectivity index (χ2n) is 10.2. The molecule has 3 heterocycles. The van der Waals surface area contributed by atoms with Gasteiger partial charge in [-0.1, -0.05) is 25.5 Å². The maximum absolute atomic E-state index is 13.4. The zero-order chi connectivity index (χ0) is 26.6. The van der Waals surface area contributed by atoms with Crippen LogP contribution in [0.15, 0.2) is 48.0 Å². The normalized spacial score (nSPS) is 22.9. The van der Waals surface area contributed by atoms with E-state index in [1.54, 1.807) is 11.0 Å². The van der Waals surface area contributed by atoms with E-state index in [0.717, 1.165) is 49.2 Å². The number of morpholine rings is 1. The van der Waals surface area contributed by atoms with Gasteiger partial charge in [-0.15, -0.1) is 0 Å². The van der Waals surface area contributed by atoms with Gasteiger partial charge in [-0.05, 0) is 54.8 Å². The molecule has 8 nitrogen and oxygen atoms in total. The Hall–Kier alpha value is -3.36. The average molecular weight is 521 g/mol. The summed E-state index contributed by atoms with van der Waals surface area (Å²) in [5.41, 5.74) is 2.33. The number of likely N-dealkylation sites (tertiary alicyclic amines) is 1. The summed E-state index contributed by atoms with van der Waals surface area (Å²) in [6, 6.07) is 12.2. The topological polar surface area (TPSA) is 88.5 Å². The Morgan fingerprint density at radius 2 is 1.92 bits per heavy atom. The molecule has 0 spiro atoms. The van der Waals surface area contributed by atoms with E-state index >= 15 is 0 Å². The predicted molar refractivity (Wildman–Crippen MR) is 143 cm³/mol. The summed E-state index contributed by atoms with van der Waals surface area (Å²) < 4.78 is 17.2. The number of carbonyl (C=O) groups is 2. The lowest BCUT2D eigenvalue weighted by atomic mass is 9.94. The molecule has 3 aliphatic heterocycles. The zero-order valence-electron chi connectivity index (χ0n) is 22.2. The number of fused-ring (bicyclic) bond motifs is 1. The minimum Gasteiger partial charge on any atom is -0.507 e. The first-order valence-electron chi connectivity index (χ1n) is 13.6. The SMILES string of the molecule is CCCCOc1cccc([C@H]2C(=C(O)c3ccc4c(c3)C[C@H](C)O4)C(=O)C(=O)N2CCN2CCOCC2)c1. The van der Waals surface area contributed by atoms with Gasteiger partial charge < -0.3 is 24.2 Å². The van der Waals surface area contributed by atoms with Gasteiger partial charge in [0.2, 0.25) is 0 Å². The standard InChI is InChI=1S/C30H36N2O6/c1-3-4-14-37-24-7-5-6-21(19-24)27-26(28(33)22-8-9-25-23(18-22)17-20(2)38-25)29(34)30(35)32(27)11-10-31-12-15-36-16-13-31/h5-9,18-20,27,33H,3-4,10-17H2,1-2H3/t20-,27-/m0/s1. The molecule has 38 heavy (non-hydrogen) atoms. The first-order chi connectivity index (χ1) is 18.5. The quantitative estimate of drug-likeness (QED) is 0.232. The van der Waals surface area contributed by atoms with Crippen molar-refractivity contribution in [2.75, 3.05) is 46.0 Å². The molecule has 0 radical (unpaired) electrons. The third kappa shape index (κ3) is 5.42. The van der Waals surface area contributed by atoms with E-state index in [2.05, 4.69) is 11.8 Å². The van der Waals surface area contributed by atoms with Crippen LogP contribution in [-0.4, -0.2) is 78.7 Å². The largest absolute Gasteiger partial charge is 0.507 e. The number of aliphatic hydroxyl groups is 1.